The van der Waals surface area contributed by atoms with Gasteiger partial charge in [-0.15, -0.1) is 0 Å². The third-order valence-electron chi connectivity index (χ3n) is 4.44. The third-order valence-corrected chi connectivity index (χ3v) is 5.52. The number of imidazole rings is 1. The second-order valence-corrected chi connectivity index (χ2v) is 7.54. The average Bonchev–Trinajstić information content (AvgIpc) is 3.08. The van der Waals surface area contributed by atoms with Crippen LogP contribution in [-0.2, 0) is 7.05 Å². The normalized spacial score (nSPS) is 11.0. The number of hydrogen-bond acceptors (Lipinski definition) is 5. The minimum absolute atomic E-state index is 0.175. The third kappa shape index (κ3) is 3.75. The van der Waals surface area contributed by atoms with Crippen LogP contribution in [-0.4, -0.2) is 25.4 Å². The number of nitrogens with one attached hydrogen (secondary N) is 1. The Morgan fingerprint density at radius 3 is 2.39 bits per heavy atom. The van der Waals surface area contributed by atoms with E-state index in [1.807, 2.05) is 62.0 Å². The summed E-state index contributed by atoms with van der Waals surface area (Å²) in [5, 5.41) is 3.85. The van der Waals surface area contributed by atoms with Crippen LogP contribution in [0.4, 0.5) is 5.69 Å². The van der Waals surface area contributed by atoms with E-state index in [2.05, 4.69) is 20.3 Å². The van der Waals surface area contributed by atoms with Crippen molar-refractivity contribution in [2.75, 3.05) is 5.32 Å². The number of carbonyl (C=O) groups excluding carboxylic acids is 1. The van der Waals surface area contributed by atoms with Crippen LogP contribution >= 0.6 is 11.8 Å². The zero-order valence-electron chi connectivity index (χ0n) is 15.8. The summed E-state index contributed by atoms with van der Waals surface area (Å²) in [7, 11) is 1.96. The molecule has 0 bridgehead atoms. The molecule has 2 aromatic heterocycles. The molecule has 0 aliphatic carbocycles. The Labute approximate surface area is 167 Å². The van der Waals surface area contributed by atoms with E-state index in [0.717, 1.165) is 38.2 Å². The van der Waals surface area contributed by atoms with E-state index < -0.39 is 0 Å². The van der Waals surface area contributed by atoms with E-state index in [1.54, 1.807) is 30.1 Å². The first-order chi connectivity index (χ1) is 13.5. The fourth-order valence-corrected chi connectivity index (χ4v) is 3.54. The summed E-state index contributed by atoms with van der Waals surface area (Å²) >= 11 is 1.57. The van der Waals surface area contributed by atoms with Crippen molar-refractivity contribution in [2.45, 2.75) is 23.9 Å². The number of nitrogens with zero attached hydrogens (tertiary/aromatic N) is 4. The molecule has 4 aromatic rings. The molecule has 7 heteroatoms. The minimum atomic E-state index is -0.175. The van der Waals surface area contributed by atoms with Gasteiger partial charge < -0.3 is 9.88 Å². The van der Waals surface area contributed by atoms with E-state index in [0.29, 0.717) is 5.56 Å². The van der Waals surface area contributed by atoms with Crippen LogP contribution in [0.2, 0.25) is 0 Å². The molecule has 0 spiro atoms. The predicted octanol–water partition coefficient (Wildman–Crippen LogP) is 4.38. The van der Waals surface area contributed by atoms with Gasteiger partial charge in [-0.25, -0.2) is 15.0 Å². The fraction of sp³-hybridized carbons (Fsp3) is 0.143. The fourth-order valence-electron chi connectivity index (χ4n) is 2.74. The highest BCUT2D eigenvalue weighted by molar-refractivity contribution is 7.99. The van der Waals surface area contributed by atoms with Gasteiger partial charge in [0.25, 0.3) is 5.91 Å². The van der Waals surface area contributed by atoms with Gasteiger partial charge in [0.1, 0.15) is 0 Å². The second kappa shape index (κ2) is 7.44. The van der Waals surface area contributed by atoms with Crippen LogP contribution in [0.5, 0.6) is 0 Å². The summed E-state index contributed by atoms with van der Waals surface area (Å²) in [6.07, 6.45) is 3.68. The topological polar surface area (TPSA) is 72.7 Å². The molecule has 28 heavy (non-hydrogen) atoms. The van der Waals surface area contributed by atoms with Crippen LogP contribution in [0.25, 0.3) is 11.0 Å². The lowest BCUT2D eigenvalue weighted by Crippen LogP contribution is -2.12. The number of amides is 1. The zero-order valence-corrected chi connectivity index (χ0v) is 16.6. The zero-order chi connectivity index (χ0) is 19.7. The number of hydrogen-bond donors (Lipinski definition) is 1. The van der Waals surface area contributed by atoms with Gasteiger partial charge >= 0.3 is 0 Å². The summed E-state index contributed by atoms with van der Waals surface area (Å²) in [5.41, 5.74) is 4.56. The van der Waals surface area contributed by atoms with Crippen LogP contribution in [0, 0.1) is 13.8 Å². The molecule has 0 aliphatic heterocycles. The smallest absolute Gasteiger partial charge is 0.255 e. The molecule has 4 rings (SSSR count). The molecule has 1 N–H and O–H groups in total. The first-order valence-corrected chi connectivity index (χ1v) is 9.63. The molecule has 6 nitrogen and oxygen atoms in total. The SMILES string of the molecule is Cc1nc2ccc(C(=O)Nc3ccc(Sc4nccn4C)cc3)cc2nc1C. The maximum Gasteiger partial charge on any atom is 0.255 e. The summed E-state index contributed by atoms with van der Waals surface area (Å²) in [4.78, 5) is 27.0. The molecule has 1 amide bonds. The molecule has 2 aromatic carbocycles. The lowest BCUT2D eigenvalue weighted by atomic mass is 10.1. The lowest BCUT2D eigenvalue weighted by molar-refractivity contribution is 0.102. The number of benzene rings is 2. The van der Waals surface area contributed by atoms with Crippen LogP contribution in [0.15, 0.2) is 64.9 Å². The van der Waals surface area contributed by atoms with E-state index in [4.69, 9.17) is 0 Å². The van der Waals surface area contributed by atoms with E-state index in [-0.39, 0.29) is 5.91 Å². The van der Waals surface area contributed by atoms with Gasteiger partial charge in [0.2, 0.25) is 0 Å². The Hall–Kier alpha value is -3.19. The summed E-state index contributed by atoms with van der Waals surface area (Å²) in [5.74, 6) is -0.175. The van der Waals surface area contributed by atoms with Crippen molar-refractivity contribution < 1.29 is 4.79 Å². The van der Waals surface area contributed by atoms with Crippen LogP contribution < -0.4 is 5.32 Å². The van der Waals surface area contributed by atoms with Gasteiger partial charge in [-0.1, -0.05) is 11.8 Å². The van der Waals surface area contributed by atoms with Crippen LogP contribution in [0.1, 0.15) is 21.7 Å². The van der Waals surface area contributed by atoms with Gasteiger partial charge in [0.05, 0.1) is 22.4 Å². The largest absolute Gasteiger partial charge is 0.329 e. The molecular formula is C21H19N5OS. The average molecular weight is 389 g/mol. The lowest BCUT2D eigenvalue weighted by Gasteiger charge is -2.08. The number of aryl methyl sites for hydroxylation is 3. The highest BCUT2D eigenvalue weighted by Gasteiger charge is 2.10. The second-order valence-electron chi connectivity index (χ2n) is 6.50. The first-order valence-electron chi connectivity index (χ1n) is 8.81. The van der Waals surface area contributed by atoms with Crippen LogP contribution in [0.3, 0.4) is 0 Å². The van der Waals surface area contributed by atoms with Crippen molar-refractivity contribution in [1.82, 2.24) is 19.5 Å². The Bertz CT molecular complexity index is 1170. The molecular weight excluding hydrogens is 370 g/mol. The van der Waals surface area contributed by atoms with Crippen molar-refractivity contribution in [2.24, 2.45) is 7.05 Å². The summed E-state index contributed by atoms with van der Waals surface area (Å²) < 4.78 is 1.96. The Morgan fingerprint density at radius 1 is 1.00 bits per heavy atom. The first kappa shape index (κ1) is 18.2. The number of fused-ring (bicyclic) bond motifs is 1. The number of rotatable bonds is 4. The van der Waals surface area contributed by atoms with E-state index >= 15 is 0 Å². The Morgan fingerprint density at radius 2 is 1.71 bits per heavy atom. The molecule has 0 saturated carbocycles. The molecule has 0 fully saturated rings. The van der Waals surface area contributed by atoms with E-state index in [1.165, 1.54) is 0 Å². The van der Waals surface area contributed by atoms with Gasteiger partial charge in [-0.05, 0) is 56.3 Å². The monoisotopic (exact) mass is 389 g/mol. The van der Waals surface area contributed by atoms with Crippen molar-refractivity contribution in [3.8, 4) is 0 Å². The highest BCUT2D eigenvalue weighted by atomic mass is 32.2. The maximum atomic E-state index is 12.6. The molecule has 140 valence electrons. The molecule has 0 atom stereocenters. The van der Waals surface area contributed by atoms with Gasteiger partial charge in [0, 0.05) is 35.6 Å². The highest BCUT2D eigenvalue weighted by Crippen LogP contribution is 2.27. The van der Waals surface area contributed by atoms with Crippen molar-refractivity contribution in [3.05, 3.63) is 71.8 Å². The predicted molar refractivity (Wildman–Crippen MR) is 111 cm³/mol. The standard InChI is InChI=1S/C21H19N5OS/c1-13-14(2)24-19-12-15(4-9-18(19)23-13)20(27)25-16-5-7-17(8-6-16)28-21-22-10-11-26(21)3/h4-12H,1-3H3,(H,25,27). The molecule has 0 radical (unpaired) electrons. The summed E-state index contributed by atoms with van der Waals surface area (Å²) in [6.45, 7) is 3.84. The number of aromatic nitrogens is 4. The summed E-state index contributed by atoms with van der Waals surface area (Å²) in [6, 6.07) is 13.1. The quantitative estimate of drug-likeness (QED) is 0.561. The number of anilines is 1. The van der Waals surface area contributed by atoms with Gasteiger partial charge in [-0.3, -0.25) is 4.79 Å². The van der Waals surface area contributed by atoms with Gasteiger partial charge in [-0.2, -0.15) is 0 Å². The number of carbonyl (C=O) groups is 1. The van der Waals surface area contributed by atoms with E-state index in [9.17, 15) is 4.79 Å². The van der Waals surface area contributed by atoms with Crippen molar-refractivity contribution >= 4 is 34.4 Å². The minimum Gasteiger partial charge on any atom is -0.329 e. The Kier molecular flexibility index (Phi) is 4.83. The maximum absolute atomic E-state index is 12.6. The molecule has 0 aliphatic rings. The van der Waals surface area contributed by atoms with Crippen molar-refractivity contribution in [3.63, 3.8) is 0 Å². The Balaban J connectivity index is 1.49. The van der Waals surface area contributed by atoms with Gasteiger partial charge in [0.15, 0.2) is 5.16 Å². The molecule has 0 saturated heterocycles. The molecule has 2 heterocycles. The molecule has 0 unspecified atom stereocenters. The van der Waals surface area contributed by atoms with Crippen molar-refractivity contribution in [1.29, 1.82) is 0 Å².